The summed E-state index contributed by atoms with van der Waals surface area (Å²) >= 11 is 0. The van der Waals surface area contributed by atoms with Crippen molar-refractivity contribution in [1.82, 2.24) is 119 Å². The van der Waals surface area contributed by atoms with Gasteiger partial charge in [0.05, 0.1) is 113 Å². The minimum Gasteiger partial charge on any atom is -0.481 e. The number of hydrogen-bond donors (Lipinski definition) is 0. The van der Waals surface area contributed by atoms with Crippen LogP contribution in [0.5, 0.6) is 74.9 Å². The Labute approximate surface area is 835 Å². The van der Waals surface area contributed by atoms with Crippen LogP contribution in [0.2, 0.25) is 0 Å². The number of carbonyl (C=O) groups excluding carboxylic acids is 6. The van der Waals surface area contributed by atoms with Gasteiger partial charge >= 0.3 is 0 Å². The van der Waals surface area contributed by atoms with Crippen LogP contribution in [-0.4, -0.2) is 161 Å². The number of nitrogens with zero attached hydrogens (tertiary/aromatic N) is 24. The summed E-state index contributed by atoms with van der Waals surface area (Å²) < 4.78 is 107. The van der Waals surface area contributed by atoms with E-state index in [0.29, 0.717) is 121 Å². The molecule has 18 aromatic rings. The molecule has 0 fully saturated rings. The number of aryl methyl sites for hydroxylation is 4. The highest BCUT2D eigenvalue weighted by Crippen LogP contribution is 2.31. The summed E-state index contributed by atoms with van der Waals surface area (Å²) in [6, 6.07) is 44.8. The molecule has 740 valence electrons. The first-order valence-corrected chi connectivity index (χ1v) is 44.5. The molecular weight excluding hydrogens is 1900 g/mol. The van der Waals surface area contributed by atoms with Crippen molar-refractivity contribution >= 4 is 34.7 Å². The molecule has 0 aliphatic rings. The van der Waals surface area contributed by atoms with Crippen molar-refractivity contribution in [3.05, 3.63) is 421 Å². The van der Waals surface area contributed by atoms with Crippen LogP contribution in [0.3, 0.4) is 0 Å². The van der Waals surface area contributed by atoms with E-state index in [0.717, 1.165) is 30.1 Å². The zero-order valence-corrected chi connectivity index (χ0v) is 79.4. The van der Waals surface area contributed by atoms with Gasteiger partial charge in [0, 0.05) is 141 Å². The zero-order chi connectivity index (χ0) is 104. The molecule has 0 saturated carbocycles. The molecule has 0 aliphatic heterocycles. The van der Waals surface area contributed by atoms with E-state index in [1.807, 2.05) is 32.9 Å². The number of pyridine rings is 13. The molecule has 0 saturated heterocycles. The predicted molar refractivity (Wildman–Crippen MR) is 517 cm³/mol. The standard InChI is InChI=1S/2C18H14F2N4O2.C18H15FN4O2.C18H15N3O2.C17H14N4O3.C16H15N5O2/c1-11(19)18-15(20)3-2-12(24-18)6-17(25)16-7-13(4-5-23-16)26-14-8-21-10-22-9-14;1-18(19,20)17-4-2-3-12(24-17)7-16(25)15-8-13(5-6-23-15)26-14-9-21-11-22-10-14;1-2-16-15(19)4-3-12(23-16)7-18(24)17-8-13(5-6-22-17)25-14-9-20-11-21-10-14;1-13-9-14(4-7-20-13)10-18(22)17-11-15(5-8-21-17)23-16-3-2-6-19-12-16;1-23-17-4-2-3-12(21-17)7-16(22)15-8-13(5-6-20-15)24-14-9-18-11-19-10-14;1-11-19-16(20-21(11)2)9-15(22)14-8-12(5-7-18-14)23-13-4-3-6-17-10-13/h2-5,7-11H,6H2,1H3;2-6,8-11H,7H2,1H3;3-6,8-11H,2,7H2,1H3;2-9,11-12H,10H2,1H3;2-6,8-11H,7H2,1H3;3-8,10H,9H2,1-2H3. The van der Waals surface area contributed by atoms with Crippen molar-refractivity contribution < 1.29 is 83.9 Å². The Morgan fingerprint density at radius 2 is 0.701 bits per heavy atom. The summed E-state index contributed by atoms with van der Waals surface area (Å²) in [5, 5.41) is 4.18. The van der Waals surface area contributed by atoms with Crippen molar-refractivity contribution in [2.75, 3.05) is 7.11 Å². The Balaban J connectivity index is 0.000000147. The van der Waals surface area contributed by atoms with Crippen molar-refractivity contribution in [2.45, 2.75) is 91.7 Å². The van der Waals surface area contributed by atoms with Crippen LogP contribution >= 0.6 is 0 Å². The van der Waals surface area contributed by atoms with E-state index < -0.39 is 17.9 Å². The van der Waals surface area contributed by atoms with Crippen LogP contribution in [0.25, 0.3) is 0 Å². The van der Waals surface area contributed by atoms with E-state index in [-0.39, 0.29) is 119 Å². The lowest BCUT2D eigenvalue weighted by Crippen LogP contribution is -2.13. The number of Topliss-reactive ketones (excluding diaryl/α,β-unsaturated/α-hetero) is 6. The fourth-order valence-corrected chi connectivity index (χ4v) is 12.8. The molecule has 18 heterocycles. The summed E-state index contributed by atoms with van der Waals surface area (Å²) in [6.45, 7) is 7.49. The lowest BCUT2D eigenvalue weighted by Gasteiger charge is -2.10. The maximum Gasteiger partial charge on any atom is 0.286 e. The van der Waals surface area contributed by atoms with Gasteiger partial charge in [-0.1, -0.05) is 19.1 Å². The normalized spacial score (nSPS) is 10.8. The van der Waals surface area contributed by atoms with E-state index in [4.69, 9.17) is 33.2 Å². The minimum absolute atomic E-state index is 0.0399. The summed E-state index contributed by atoms with van der Waals surface area (Å²) in [5.74, 6) is 2.01. The van der Waals surface area contributed by atoms with Crippen LogP contribution in [0, 0.1) is 25.5 Å². The molecule has 0 spiro atoms. The number of methoxy groups -OCH3 is 1. The second-order valence-electron chi connectivity index (χ2n) is 31.1. The van der Waals surface area contributed by atoms with E-state index in [2.05, 4.69) is 115 Å². The Hall–Kier alpha value is -19.3. The van der Waals surface area contributed by atoms with Crippen molar-refractivity contribution in [3.63, 3.8) is 0 Å². The highest BCUT2D eigenvalue weighted by molar-refractivity contribution is 5.99. The van der Waals surface area contributed by atoms with Gasteiger partial charge in [-0.25, -0.2) is 63.0 Å². The molecule has 18 aromatic heterocycles. The van der Waals surface area contributed by atoms with Crippen molar-refractivity contribution in [1.29, 1.82) is 0 Å². The number of halogens is 5. The van der Waals surface area contributed by atoms with E-state index >= 15 is 0 Å². The predicted octanol–water partition coefficient (Wildman–Crippen LogP) is 18.5. The van der Waals surface area contributed by atoms with Gasteiger partial charge in [0.1, 0.15) is 140 Å². The molecule has 18 rings (SSSR count). The minimum atomic E-state index is -3.07. The van der Waals surface area contributed by atoms with Gasteiger partial charge < -0.3 is 33.2 Å². The van der Waals surface area contributed by atoms with Gasteiger partial charge in [0.25, 0.3) is 5.92 Å². The Morgan fingerprint density at radius 3 is 1.05 bits per heavy atom. The highest BCUT2D eigenvalue weighted by atomic mass is 19.3. The lowest BCUT2D eigenvalue weighted by molar-refractivity contribution is 0.0125. The Morgan fingerprint density at radius 1 is 0.354 bits per heavy atom. The van der Waals surface area contributed by atoms with E-state index in [1.54, 1.807) is 152 Å². The molecule has 147 heavy (non-hydrogen) atoms. The largest absolute Gasteiger partial charge is 0.481 e. The maximum absolute atomic E-state index is 13.5. The van der Waals surface area contributed by atoms with Gasteiger partial charge in [-0.3, -0.25) is 93.3 Å². The zero-order valence-electron chi connectivity index (χ0n) is 79.4. The number of rotatable bonds is 34. The molecule has 0 radical (unpaired) electrons. The van der Waals surface area contributed by atoms with Gasteiger partial charge in [-0.05, 0) is 148 Å². The van der Waals surface area contributed by atoms with Crippen molar-refractivity contribution in [2.24, 2.45) is 7.05 Å². The van der Waals surface area contributed by atoms with Gasteiger partial charge in [-0.15, -0.1) is 0 Å². The monoisotopic (exact) mass is 1990 g/mol. The van der Waals surface area contributed by atoms with Crippen LogP contribution in [0.15, 0.2) is 313 Å². The molecular formula is C105H87F5N24O13. The van der Waals surface area contributed by atoms with E-state index in [9.17, 15) is 50.7 Å². The fourth-order valence-electron chi connectivity index (χ4n) is 12.8. The first-order chi connectivity index (χ1) is 71.2. The smallest absolute Gasteiger partial charge is 0.286 e. The summed E-state index contributed by atoms with van der Waals surface area (Å²) in [5.41, 5.74) is 4.64. The number of ketones is 6. The molecule has 0 amide bonds. The average Bonchev–Trinajstić information content (AvgIpc) is 1.27. The third kappa shape index (κ3) is 33.4. The maximum atomic E-state index is 13.5. The molecule has 0 aromatic carbocycles. The molecule has 0 aliphatic carbocycles. The van der Waals surface area contributed by atoms with Crippen LogP contribution in [-0.2, 0) is 57.9 Å². The van der Waals surface area contributed by atoms with Gasteiger partial charge in [0.15, 0.2) is 63.5 Å². The lowest BCUT2D eigenvalue weighted by atomic mass is 10.1. The first-order valence-electron chi connectivity index (χ1n) is 44.5. The second kappa shape index (κ2) is 52.8. The molecule has 1 atom stereocenters. The fraction of sp³-hybridized carbons (Fsp3) is 0.152. The number of alkyl halides is 3. The third-order valence-corrected chi connectivity index (χ3v) is 19.8. The second-order valence-corrected chi connectivity index (χ2v) is 31.1. The molecule has 37 nitrogen and oxygen atoms in total. The van der Waals surface area contributed by atoms with Crippen molar-refractivity contribution in [3.8, 4) is 74.9 Å². The SMILES string of the molecule is CC(F)(F)c1cccc(CC(=O)c2cc(Oc3cncnc3)ccn2)n1.CC(F)c1nc(CC(=O)c2cc(Oc3cncnc3)ccn2)ccc1F.CCc1nc(CC(=O)c2cc(Oc3cncnc3)ccn2)ccc1F.COc1cccc(CC(=O)c2cc(Oc3cncnc3)ccn2)n1.Cc1cc(CC(=O)c2cc(Oc3cccnc3)ccn2)ccn1.Cc1nc(CC(=O)c2cc(Oc3cccnc3)ccn2)nn1C. The molecule has 42 heteroatoms. The number of carbonyl (C=O) groups is 6. The average molecular weight is 1990 g/mol. The Bertz CT molecular complexity index is 7460. The summed E-state index contributed by atoms with van der Waals surface area (Å²) in [4.78, 5) is 162. The highest BCUT2D eigenvalue weighted by Gasteiger charge is 2.28. The van der Waals surface area contributed by atoms with Crippen LogP contribution in [0.4, 0.5) is 22.0 Å². The number of ether oxygens (including phenoxy) is 7. The van der Waals surface area contributed by atoms with Gasteiger partial charge in [-0.2, -0.15) is 13.9 Å². The topological polar surface area (TPSA) is 468 Å². The van der Waals surface area contributed by atoms with Crippen LogP contribution in [0.1, 0.15) is 153 Å². The number of hydrogen-bond acceptors (Lipinski definition) is 36. The molecule has 0 bridgehead atoms. The Kier molecular flexibility index (Phi) is 37.7. The number of aromatic nitrogens is 24. The van der Waals surface area contributed by atoms with Gasteiger partial charge in [0.2, 0.25) is 5.88 Å². The van der Waals surface area contributed by atoms with E-state index in [1.165, 1.54) is 168 Å². The molecule has 1 unspecified atom stereocenters. The molecule has 0 N–H and O–H groups in total. The van der Waals surface area contributed by atoms with Crippen LogP contribution < -0.4 is 33.2 Å². The summed E-state index contributed by atoms with van der Waals surface area (Å²) in [7, 11) is 3.32. The quantitative estimate of drug-likeness (QED) is 0.0267. The third-order valence-electron chi connectivity index (χ3n) is 19.8. The first kappa shape index (κ1) is 105. The summed E-state index contributed by atoms with van der Waals surface area (Å²) in [6.07, 6.45) is 34.0.